The van der Waals surface area contributed by atoms with Crippen LogP contribution in [0, 0.1) is 0 Å². The van der Waals surface area contributed by atoms with Gasteiger partial charge in [0.25, 0.3) is 0 Å². The molecule has 0 radical (unpaired) electrons. The molecule has 0 aliphatic heterocycles. The third kappa shape index (κ3) is 2.63. The first-order valence-corrected chi connectivity index (χ1v) is 4.03. The van der Waals surface area contributed by atoms with Crippen molar-refractivity contribution >= 4 is 12.3 Å². The van der Waals surface area contributed by atoms with Gasteiger partial charge in [0.1, 0.15) is 11.7 Å². The number of carboxylic acid groups (broad SMARTS) is 1. The number of nitrogens with two attached hydrogens (primary N) is 1. The highest BCUT2D eigenvalue weighted by molar-refractivity contribution is 5.74. The van der Waals surface area contributed by atoms with E-state index in [-0.39, 0.29) is 12.1 Å². The maximum absolute atomic E-state index is 10.4. The Balaban J connectivity index is 2.76. The van der Waals surface area contributed by atoms with Crippen LogP contribution in [0.1, 0.15) is 16.2 Å². The van der Waals surface area contributed by atoms with Crippen molar-refractivity contribution in [3.05, 3.63) is 29.6 Å². The summed E-state index contributed by atoms with van der Waals surface area (Å²) in [5.74, 6) is -1.08. The lowest BCUT2D eigenvalue weighted by atomic mass is 10.1. The number of carboxylic acids is 1. The van der Waals surface area contributed by atoms with Gasteiger partial charge in [-0.25, -0.2) is 4.98 Å². The molecule has 0 amide bonds. The zero-order valence-electron chi connectivity index (χ0n) is 7.38. The number of aliphatic carboxylic acids is 1. The molecule has 0 aliphatic rings. The normalized spacial score (nSPS) is 12.1. The Morgan fingerprint density at radius 3 is 2.93 bits per heavy atom. The van der Waals surface area contributed by atoms with Gasteiger partial charge in [-0.3, -0.25) is 9.59 Å². The summed E-state index contributed by atoms with van der Waals surface area (Å²) in [4.78, 5) is 24.7. The average molecular weight is 194 g/mol. The van der Waals surface area contributed by atoms with E-state index in [2.05, 4.69) is 4.98 Å². The molecule has 0 bridgehead atoms. The molecule has 1 aromatic rings. The number of rotatable bonds is 4. The number of nitrogens with zero attached hydrogens (tertiary/aromatic N) is 1. The van der Waals surface area contributed by atoms with E-state index in [1.54, 1.807) is 18.2 Å². The Bertz CT molecular complexity index is 352. The Hall–Kier alpha value is -1.75. The Kier molecular flexibility index (Phi) is 3.30. The summed E-state index contributed by atoms with van der Waals surface area (Å²) >= 11 is 0. The van der Waals surface area contributed by atoms with Crippen molar-refractivity contribution in [3.63, 3.8) is 0 Å². The second-order valence-corrected chi connectivity index (χ2v) is 2.82. The van der Waals surface area contributed by atoms with Crippen LogP contribution >= 0.6 is 0 Å². The fraction of sp³-hybridized carbons (Fsp3) is 0.222. The van der Waals surface area contributed by atoms with E-state index in [4.69, 9.17) is 10.8 Å². The summed E-state index contributed by atoms with van der Waals surface area (Å²) in [6.07, 6.45) is 0.729. The first kappa shape index (κ1) is 10.3. The first-order chi connectivity index (χ1) is 6.63. The standard InChI is InChI=1S/C9H10N2O3/c10-8(9(13)14)4-6-2-1-3-7(5-12)11-6/h1-3,5,8H,4,10H2,(H,13,14)/t8-/m0/s1. The molecule has 1 atom stereocenters. The summed E-state index contributed by atoms with van der Waals surface area (Å²) in [5.41, 5.74) is 6.09. The highest BCUT2D eigenvalue weighted by Gasteiger charge is 2.12. The summed E-state index contributed by atoms with van der Waals surface area (Å²) < 4.78 is 0. The van der Waals surface area contributed by atoms with E-state index < -0.39 is 12.0 Å². The van der Waals surface area contributed by atoms with Gasteiger partial charge in [0.05, 0.1) is 0 Å². The Morgan fingerprint density at radius 2 is 2.36 bits per heavy atom. The van der Waals surface area contributed by atoms with Crippen LogP contribution in [0.2, 0.25) is 0 Å². The second-order valence-electron chi connectivity index (χ2n) is 2.82. The molecule has 0 saturated carbocycles. The fourth-order valence-corrected chi connectivity index (χ4v) is 0.990. The fourth-order valence-electron chi connectivity index (χ4n) is 0.990. The highest BCUT2D eigenvalue weighted by Crippen LogP contribution is 2.00. The van der Waals surface area contributed by atoms with E-state index in [0.29, 0.717) is 12.0 Å². The van der Waals surface area contributed by atoms with Crippen LogP contribution in [0.15, 0.2) is 18.2 Å². The number of aromatic nitrogens is 1. The maximum atomic E-state index is 10.4. The molecule has 1 aromatic heterocycles. The van der Waals surface area contributed by atoms with Crippen LogP contribution < -0.4 is 5.73 Å². The van der Waals surface area contributed by atoms with Gasteiger partial charge in [0, 0.05) is 12.1 Å². The molecule has 0 aliphatic carbocycles. The average Bonchev–Trinajstić information content (AvgIpc) is 2.18. The molecule has 5 nitrogen and oxygen atoms in total. The third-order valence-electron chi connectivity index (χ3n) is 1.70. The van der Waals surface area contributed by atoms with Crippen molar-refractivity contribution < 1.29 is 14.7 Å². The zero-order chi connectivity index (χ0) is 10.6. The molecule has 0 spiro atoms. The van der Waals surface area contributed by atoms with Crippen LogP contribution in [-0.2, 0) is 11.2 Å². The monoisotopic (exact) mass is 194 g/mol. The highest BCUT2D eigenvalue weighted by atomic mass is 16.4. The molecule has 0 aromatic carbocycles. The number of carbonyl (C=O) groups excluding carboxylic acids is 1. The molecule has 0 unspecified atom stereocenters. The molecule has 1 heterocycles. The minimum atomic E-state index is -1.08. The van der Waals surface area contributed by atoms with Crippen LogP contribution in [0.3, 0.4) is 0 Å². The lowest BCUT2D eigenvalue weighted by molar-refractivity contribution is -0.138. The van der Waals surface area contributed by atoms with Gasteiger partial charge in [0.15, 0.2) is 6.29 Å². The van der Waals surface area contributed by atoms with Crippen molar-refractivity contribution in [1.29, 1.82) is 0 Å². The van der Waals surface area contributed by atoms with Gasteiger partial charge in [-0.15, -0.1) is 0 Å². The van der Waals surface area contributed by atoms with Gasteiger partial charge in [-0.05, 0) is 12.1 Å². The minimum Gasteiger partial charge on any atom is -0.480 e. The number of hydrogen-bond donors (Lipinski definition) is 2. The quantitative estimate of drug-likeness (QED) is 0.650. The SMILES string of the molecule is N[C@@H](Cc1cccc(C=O)n1)C(=O)O. The summed E-state index contributed by atoms with van der Waals surface area (Å²) in [6, 6.07) is 3.84. The van der Waals surface area contributed by atoms with E-state index in [9.17, 15) is 9.59 Å². The maximum Gasteiger partial charge on any atom is 0.320 e. The van der Waals surface area contributed by atoms with Crippen molar-refractivity contribution in [2.75, 3.05) is 0 Å². The van der Waals surface area contributed by atoms with E-state index in [1.165, 1.54) is 0 Å². The van der Waals surface area contributed by atoms with E-state index >= 15 is 0 Å². The van der Waals surface area contributed by atoms with Crippen LogP contribution in [0.5, 0.6) is 0 Å². The van der Waals surface area contributed by atoms with Gasteiger partial charge in [0.2, 0.25) is 0 Å². The Morgan fingerprint density at radius 1 is 1.64 bits per heavy atom. The molecule has 5 heteroatoms. The van der Waals surface area contributed by atoms with Gasteiger partial charge >= 0.3 is 5.97 Å². The summed E-state index contributed by atoms with van der Waals surface area (Å²) in [7, 11) is 0. The predicted molar refractivity (Wildman–Crippen MR) is 48.9 cm³/mol. The van der Waals surface area contributed by atoms with Gasteiger partial charge in [-0.2, -0.15) is 0 Å². The molecule has 0 fully saturated rings. The topological polar surface area (TPSA) is 93.3 Å². The lowest BCUT2D eigenvalue weighted by Crippen LogP contribution is -2.32. The number of pyridine rings is 1. The molecule has 14 heavy (non-hydrogen) atoms. The van der Waals surface area contributed by atoms with Crippen molar-refractivity contribution in [2.24, 2.45) is 5.73 Å². The van der Waals surface area contributed by atoms with Crippen molar-refractivity contribution in [2.45, 2.75) is 12.5 Å². The van der Waals surface area contributed by atoms with Crippen molar-refractivity contribution in [1.82, 2.24) is 4.98 Å². The zero-order valence-corrected chi connectivity index (χ0v) is 7.38. The number of aldehydes is 1. The smallest absolute Gasteiger partial charge is 0.320 e. The lowest BCUT2D eigenvalue weighted by Gasteiger charge is -2.05. The Labute approximate surface area is 80.6 Å². The van der Waals surface area contributed by atoms with Gasteiger partial charge in [-0.1, -0.05) is 6.07 Å². The van der Waals surface area contributed by atoms with Crippen molar-refractivity contribution in [3.8, 4) is 0 Å². The van der Waals surface area contributed by atoms with Crippen LogP contribution in [-0.4, -0.2) is 28.4 Å². The second kappa shape index (κ2) is 4.48. The first-order valence-electron chi connectivity index (χ1n) is 4.03. The molecular formula is C9H10N2O3. The van der Waals surface area contributed by atoms with Crippen LogP contribution in [0.4, 0.5) is 0 Å². The molecular weight excluding hydrogens is 184 g/mol. The molecule has 0 saturated heterocycles. The molecule has 3 N–H and O–H groups in total. The predicted octanol–water partition coefficient (Wildman–Crippen LogP) is -0.152. The summed E-state index contributed by atoms with van der Waals surface area (Å²) in [6.45, 7) is 0. The number of hydrogen-bond acceptors (Lipinski definition) is 4. The van der Waals surface area contributed by atoms with Crippen LogP contribution in [0.25, 0.3) is 0 Å². The third-order valence-corrected chi connectivity index (χ3v) is 1.70. The molecule has 1 rings (SSSR count). The largest absolute Gasteiger partial charge is 0.480 e. The number of carbonyl (C=O) groups is 2. The summed E-state index contributed by atoms with van der Waals surface area (Å²) in [5, 5.41) is 8.55. The van der Waals surface area contributed by atoms with E-state index in [0.717, 1.165) is 0 Å². The van der Waals surface area contributed by atoms with Gasteiger partial charge < -0.3 is 10.8 Å². The molecule has 74 valence electrons. The minimum absolute atomic E-state index is 0.122. The van der Waals surface area contributed by atoms with E-state index in [1.807, 2.05) is 0 Å².